The standard InChI is InChI=1S/C11H18N2O2/c1-7(2)10(12)11(15)13-6-4-5-9(13)8(3)14/h7,9,12H,4-6H2,1-3H3. The van der Waals surface area contributed by atoms with Gasteiger partial charge in [-0.3, -0.25) is 15.0 Å². The number of hydrogen-bond acceptors (Lipinski definition) is 3. The molecular weight excluding hydrogens is 192 g/mol. The predicted octanol–water partition coefficient (Wildman–Crippen LogP) is 1.24. The summed E-state index contributed by atoms with van der Waals surface area (Å²) in [5.74, 6) is -0.328. The van der Waals surface area contributed by atoms with E-state index in [2.05, 4.69) is 0 Å². The van der Waals surface area contributed by atoms with E-state index >= 15 is 0 Å². The largest absolute Gasteiger partial charge is 0.328 e. The Morgan fingerprint density at radius 1 is 1.40 bits per heavy atom. The topological polar surface area (TPSA) is 61.2 Å². The number of hydrogen-bond donors (Lipinski definition) is 1. The first-order chi connectivity index (χ1) is 6.95. The van der Waals surface area contributed by atoms with E-state index in [4.69, 9.17) is 5.41 Å². The summed E-state index contributed by atoms with van der Waals surface area (Å²) in [6.07, 6.45) is 1.60. The first-order valence-electron chi connectivity index (χ1n) is 5.35. The molecule has 15 heavy (non-hydrogen) atoms. The molecule has 0 aromatic rings. The van der Waals surface area contributed by atoms with Gasteiger partial charge in [0, 0.05) is 12.5 Å². The first-order valence-corrected chi connectivity index (χ1v) is 5.35. The first kappa shape index (κ1) is 11.9. The molecule has 0 radical (unpaired) electrons. The summed E-state index contributed by atoms with van der Waals surface area (Å²) in [6.45, 7) is 5.76. The lowest BCUT2D eigenvalue weighted by Crippen LogP contribution is -2.44. The summed E-state index contributed by atoms with van der Waals surface area (Å²) in [4.78, 5) is 24.7. The molecule has 1 aliphatic heterocycles. The van der Waals surface area contributed by atoms with Crippen LogP contribution in [0, 0.1) is 11.3 Å². The maximum Gasteiger partial charge on any atom is 0.268 e. The Morgan fingerprint density at radius 2 is 2.00 bits per heavy atom. The number of nitrogens with one attached hydrogen (secondary N) is 1. The van der Waals surface area contributed by atoms with Crippen LogP contribution >= 0.6 is 0 Å². The van der Waals surface area contributed by atoms with Crippen molar-refractivity contribution >= 4 is 17.4 Å². The van der Waals surface area contributed by atoms with E-state index in [1.165, 1.54) is 6.92 Å². The SMILES string of the molecule is CC(=O)C1CCCN1C(=O)C(=N)C(C)C. The number of Topliss-reactive ketones (excluding diaryl/α,β-unsaturated/α-hetero) is 1. The van der Waals surface area contributed by atoms with E-state index in [1.807, 2.05) is 13.8 Å². The minimum absolute atomic E-state index is 0.0254. The zero-order valence-corrected chi connectivity index (χ0v) is 9.54. The number of carbonyl (C=O) groups excluding carboxylic acids is 2. The van der Waals surface area contributed by atoms with Crippen LogP contribution in [0.25, 0.3) is 0 Å². The van der Waals surface area contributed by atoms with Gasteiger partial charge in [0.15, 0.2) is 5.78 Å². The second kappa shape index (κ2) is 4.55. The van der Waals surface area contributed by atoms with Gasteiger partial charge in [-0.2, -0.15) is 0 Å². The van der Waals surface area contributed by atoms with Crippen molar-refractivity contribution in [3.05, 3.63) is 0 Å². The third-order valence-corrected chi connectivity index (χ3v) is 2.79. The Labute approximate surface area is 90.2 Å². The van der Waals surface area contributed by atoms with Crippen molar-refractivity contribution < 1.29 is 9.59 Å². The van der Waals surface area contributed by atoms with E-state index in [0.717, 1.165) is 12.8 Å². The Kier molecular flexibility index (Phi) is 3.61. The molecule has 84 valence electrons. The Hall–Kier alpha value is -1.19. The lowest BCUT2D eigenvalue weighted by molar-refractivity contribution is -0.132. The highest BCUT2D eigenvalue weighted by Crippen LogP contribution is 2.19. The van der Waals surface area contributed by atoms with Crippen LogP contribution in [-0.4, -0.2) is 34.9 Å². The van der Waals surface area contributed by atoms with Gasteiger partial charge in [0.05, 0.1) is 11.8 Å². The highest BCUT2D eigenvalue weighted by atomic mass is 16.2. The van der Waals surface area contributed by atoms with Crippen molar-refractivity contribution in [1.29, 1.82) is 5.41 Å². The lowest BCUT2D eigenvalue weighted by atomic mass is 10.1. The van der Waals surface area contributed by atoms with Crippen LogP contribution in [0.3, 0.4) is 0 Å². The number of rotatable bonds is 3. The maximum atomic E-state index is 11.9. The molecule has 1 N–H and O–H groups in total. The molecule has 4 nitrogen and oxygen atoms in total. The Morgan fingerprint density at radius 3 is 2.47 bits per heavy atom. The van der Waals surface area contributed by atoms with Gasteiger partial charge < -0.3 is 4.90 Å². The number of ketones is 1. The summed E-state index contributed by atoms with van der Waals surface area (Å²) in [5.41, 5.74) is 0.100. The third-order valence-electron chi connectivity index (χ3n) is 2.79. The second-order valence-electron chi connectivity index (χ2n) is 4.34. The van der Waals surface area contributed by atoms with Gasteiger partial charge in [-0.05, 0) is 19.8 Å². The molecule has 1 heterocycles. The number of carbonyl (C=O) groups is 2. The fourth-order valence-electron chi connectivity index (χ4n) is 1.83. The average molecular weight is 210 g/mol. The Bertz CT molecular complexity index is 297. The molecule has 1 unspecified atom stereocenters. The van der Waals surface area contributed by atoms with Crippen molar-refractivity contribution in [1.82, 2.24) is 4.90 Å². The Balaban J connectivity index is 2.75. The predicted molar refractivity (Wildman–Crippen MR) is 58.0 cm³/mol. The quantitative estimate of drug-likeness (QED) is 0.712. The van der Waals surface area contributed by atoms with Gasteiger partial charge in [-0.25, -0.2) is 0 Å². The van der Waals surface area contributed by atoms with Crippen molar-refractivity contribution in [3.63, 3.8) is 0 Å². The smallest absolute Gasteiger partial charge is 0.268 e. The maximum absolute atomic E-state index is 11.9. The normalized spacial score (nSPS) is 20.8. The number of amides is 1. The van der Waals surface area contributed by atoms with Crippen molar-refractivity contribution in [2.24, 2.45) is 5.92 Å². The van der Waals surface area contributed by atoms with Crippen molar-refractivity contribution in [2.45, 2.75) is 39.7 Å². The van der Waals surface area contributed by atoms with Crippen LogP contribution in [0.4, 0.5) is 0 Å². The summed E-state index contributed by atoms with van der Waals surface area (Å²) >= 11 is 0. The van der Waals surface area contributed by atoms with Gasteiger partial charge in [0.2, 0.25) is 0 Å². The average Bonchev–Trinajstić information content (AvgIpc) is 2.63. The fourth-order valence-corrected chi connectivity index (χ4v) is 1.83. The molecule has 1 amide bonds. The van der Waals surface area contributed by atoms with Gasteiger partial charge in [0.1, 0.15) is 0 Å². The second-order valence-corrected chi connectivity index (χ2v) is 4.34. The monoisotopic (exact) mass is 210 g/mol. The molecule has 0 saturated carbocycles. The zero-order chi connectivity index (χ0) is 11.6. The molecule has 0 aliphatic carbocycles. The van der Waals surface area contributed by atoms with E-state index in [9.17, 15) is 9.59 Å². The van der Waals surface area contributed by atoms with Gasteiger partial charge in [-0.15, -0.1) is 0 Å². The van der Waals surface area contributed by atoms with Crippen LogP contribution in [0.5, 0.6) is 0 Å². The summed E-state index contributed by atoms with van der Waals surface area (Å²) < 4.78 is 0. The van der Waals surface area contributed by atoms with Crippen LogP contribution in [0.15, 0.2) is 0 Å². The van der Waals surface area contributed by atoms with Crippen molar-refractivity contribution in [3.8, 4) is 0 Å². The minimum atomic E-state index is -0.295. The number of likely N-dealkylation sites (tertiary alicyclic amines) is 1. The summed E-state index contributed by atoms with van der Waals surface area (Å²) in [7, 11) is 0. The molecule has 0 bridgehead atoms. The molecule has 1 saturated heterocycles. The van der Waals surface area contributed by atoms with E-state index in [-0.39, 0.29) is 29.4 Å². The highest BCUT2D eigenvalue weighted by Gasteiger charge is 2.33. The van der Waals surface area contributed by atoms with Crippen LogP contribution in [0.2, 0.25) is 0 Å². The van der Waals surface area contributed by atoms with Crippen LogP contribution in [0.1, 0.15) is 33.6 Å². The molecule has 0 aromatic carbocycles. The molecule has 1 rings (SSSR count). The highest BCUT2D eigenvalue weighted by molar-refractivity contribution is 6.38. The summed E-state index contributed by atoms with van der Waals surface area (Å²) in [5, 5.41) is 7.64. The zero-order valence-electron chi connectivity index (χ0n) is 9.54. The van der Waals surface area contributed by atoms with Crippen LogP contribution in [-0.2, 0) is 9.59 Å². The molecule has 1 atom stereocenters. The fraction of sp³-hybridized carbons (Fsp3) is 0.727. The third kappa shape index (κ3) is 2.43. The van der Waals surface area contributed by atoms with Crippen molar-refractivity contribution in [2.75, 3.05) is 6.54 Å². The van der Waals surface area contributed by atoms with Crippen LogP contribution < -0.4 is 0 Å². The molecule has 1 fully saturated rings. The molecule has 1 aliphatic rings. The van der Waals surface area contributed by atoms with Gasteiger partial charge in [-0.1, -0.05) is 13.8 Å². The van der Waals surface area contributed by atoms with E-state index < -0.39 is 0 Å². The van der Waals surface area contributed by atoms with Gasteiger partial charge in [0.25, 0.3) is 5.91 Å². The number of nitrogens with zero attached hydrogens (tertiary/aromatic N) is 1. The van der Waals surface area contributed by atoms with E-state index in [1.54, 1.807) is 4.90 Å². The lowest BCUT2D eigenvalue weighted by Gasteiger charge is -2.23. The van der Waals surface area contributed by atoms with E-state index in [0.29, 0.717) is 6.54 Å². The molecule has 0 aromatic heterocycles. The minimum Gasteiger partial charge on any atom is -0.328 e. The molecule has 4 heteroatoms. The molecule has 0 spiro atoms. The summed E-state index contributed by atoms with van der Waals surface area (Å²) in [6, 6.07) is -0.295. The molecular formula is C11H18N2O2. The van der Waals surface area contributed by atoms with Gasteiger partial charge >= 0.3 is 0 Å².